The van der Waals surface area contributed by atoms with Crippen LogP contribution in [0.1, 0.15) is 41.1 Å². The molecule has 1 aliphatic carbocycles. The molecule has 1 aliphatic rings. The summed E-state index contributed by atoms with van der Waals surface area (Å²) in [6.45, 7) is -0.0854. The number of hydrogen-bond acceptors (Lipinski definition) is 9. The van der Waals surface area contributed by atoms with Gasteiger partial charge in [0.05, 0.1) is 48.0 Å². The first-order valence-electron chi connectivity index (χ1n) is 13.8. The van der Waals surface area contributed by atoms with E-state index in [4.69, 9.17) is 18.9 Å². The summed E-state index contributed by atoms with van der Waals surface area (Å²) in [7, 11) is 3.14. The lowest BCUT2D eigenvalue weighted by Gasteiger charge is -2.11. The van der Waals surface area contributed by atoms with Gasteiger partial charge in [-0.3, -0.25) is 14.9 Å². The summed E-state index contributed by atoms with van der Waals surface area (Å²) in [4.78, 5) is 28.9. The molecule has 0 bridgehead atoms. The Labute approximate surface area is 245 Å². The predicted octanol–water partition coefficient (Wildman–Crippen LogP) is 5.03. The van der Waals surface area contributed by atoms with E-state index >= 15 is 0 Å². The smallest absolute Gasteiger partial charge is 0.315 e. The Kier molecular flexibility index (Phi) is 7.41. The Morgan fingerprint density at radius 2 is 1.95 bits per heavy atom. The number of furan rings is 1. The van der Waals surface area contributed by atoms with Crippen molar-refractivity contribution in [3.05, 3.63) is 86.9 Å². The van der Waals surface area contributed by atoms with Crippen LogP contribution in [0.4, 0.5) is 5.69 Å². The molecule has 0 aliphatic heterocycles. The van der Waals surface area contributed by atoms with Crippen molar-refractivity contribution in [3.63, 3.8) is 0 Å². The van der Waals surface area contributed by atoms with Crippen LogP contribution in [0.3, 0.4) is 0 Å². The van der Waals surface area contributed by atoms with Gasteiger partial charge in [0.15, 0.2) is 11.5 Å². The molecule has 1 amide bonds. The van der Waals surface area contributed by atoms with Gasteiger partial charge in [-0.2, -0.15) is 5.10 Å². The average molecular weight is 584 g/mol. The molecule has 2 N–H and O–H groups in total. The molecule has 43 heavy (non-hydrogen) atoms. The number of hydrogen-bond donors (Lipinski definition) is 2. The van der Waals surface area contributed by atoms with Crippen LogP contribution in [0.15, 0.2) is 58.0 Å². The number of nitro benzene ring substituents is 1. The molecular formula is C31H29N5O7. The predicted molar refractivity (Wildman–Crippen MR) is 159 cm³/mol. The maximum Gasteiger partial charge on any atom is 0.315 e. The number of ether oxygens (including phenoxy) is 2. The highest BCUT2D eigenvalue weighted by atomic mass is 16.6. The summed E-state index contributed by atoms with van der Waals surface area (Å²) in [5, 5.41) is 27.1. The van der Waals surface area contributed by atoms with Crippen LogP contribution in [-0.2, 0) is 30.6 Å². The van der Waals surface area contributed by atoms with E-state index in [0.29, 0.717) is 34.7 Å². The van der Waals surface area contributed by atoms with Crippen molar-refractivity contribution in [2.45, 2.75) is 38.6 Å². The van der Waals surface area contributed by atoms with E-state index in [2.05, 4.69) is 10.5 Å². The third-order valence-corrected chi connectivity index (χ3v) is 7.66. The number of rotatable bonds is 9. The van der Waals surface area contributed by atoms with Crippen molar-refractivity contribution >= 4 is 39.8 Å². The molecule has 0 saturated heterocycles. The van der Waals surface area contributed by atoms with E-state index in [1.54, 1.807) is 14.2 Å². The zero-order valence-electron chi connectivity index (χ0n) is 23.6. The van der Waals surface area contributed by atoms with Gasteiger partial charge in [-0.05, 0) is 49.1 Å². The number of fused-ring (bicyclic) bond motifs is 4. The lowest BCUT2D eigenvalue weighted by atomic mass is 9.93. The Balaban J connectivity index is 1.28. The highest BCUT2D eigenvalue weighted by Crippen LogP contribution is 2.41. The Morgan fingerprint density at radius 1 is 1.16 bits per heavy atom. The average Bonchev–Trinajstić information content (AvgIpc) is 3.55. The molecule has 0 radical (unpaired) electrons. The summed E-state index contributed by atoms with van der Waals surface area (Å²) in [5.41, 5.74) is 5.81. The topological polar surface area (TPSA) is 154 Å². The summed E-state index contributed by atoms with van der Waals surface area (Å²) < 4.78 is 18.5. The number of methoxy groups -OCH3 is 2. The number of imidazole rings is 1. The van der Waals surface area contributed by atoms with Crippen LogP contribution in [0, 0.1) is 10.1 Å². The first-order chi connectivity index (χ1) is 20.9. The van der Waals surface area contributed by atoms with Crippen LogP contribution in [0.5, 0.6) is 17.2 Å². The van der Waals surface area contributed by atoms with Crippen molar-refractivity contribution in [3.8, 4) is 17.2 Å². The van der Waals surface area contributed by atoms with Gasteiger partial charge in [0.2, 0.25) is 5.75 Å². The Hall–Kier alpha value is -5.39. The number of nitrogens with zero attached hydrogens (tertiary/aromatic N) is 4. The van der Waals surface area contributed by atoms with Gasteiger partial charge < -0.3 is 23.6 Å². The number of carbonyl (C=O) groups is 1. The second-order valence-electron chi connectivity index (χ2n) is 10.3. The van der Waals surface area contributed by atoms with Gasteiger partial charge in [-0.25, -0.2) is 10.4 Å². The molecule has 2 heterocycles. The molecule has 12 heteroatoms. The summed E-state index contributed by atoms with van der Waals surface area (Å²) in [6.07, 6.45) is 5.01. The molecule has 5 aromatic rings. The van der Waals surface area contributed by atoms with Crippen molar-refractivity contribution in [1.82, 2.24) is 15.0 Å². The largest absolute Gasteiger partial charge is 0.502 e. The zero-order chi connectivity index (χ0) is 30.1. The van der Waals surface area contributed by atoms with Crippen LogP contribution in [-0.4, -0.2) is 45.9 Å². The second-order valence-corrected chi connectivity index (χ2v) is 10.3. The Morgan fingerprint density at radius 3 is 2.74 bits per heavy atom. The number of benzene rings is 3. The van der Waals surface area contributed by atoms with Crippen molar-refractivity contribution in [2.24, 2.45) is 5.10 Å². The molecule has 2 aromatic heterocycles. The molecule has 0 fully saturated rings. The molecule has 6 rings (SSSR count). The van der Waals surface area contributed by atoms with Gasteiger partial charge >= 0.3 is 5.69 Å². The highest BCUT2D eigenvalue weighted by molar-refractivity contribution is 6.05. The normalized spacial score (nSPS) is 13.0. The van der Waals surface area contributed by atoms with E-state index in [1.807, 2.05) is 47.0 Å². The van der Waals surface area contributed by atoms with Crippen molar-refractivity contribution in [2.75, 3.05) is 14.2 Å². The summed E-state index contributed by atoms with van der Waals surface area (Å²) in [6, 6.07) is 14.4. The molecule has 0 atom stereocenters. The molecule has 0 unspecified atom stereocenters. The monoisotopic (exact) mass is 583 g/mol. The fourth-order valence-electron chi connectivity index (χ4n) is 5.66. The fraction of sp³-hybridized carbons (Fsp3) is 0.258. The first-order valence-corrected chi connectivity index (χ1v) is 13.8. The first kappa shape index (κ1) is 27.8. The highest BCUT2D eigenvalue weighted by Gasteiger charge is 2.27. The van der Waals surface area contributed by atoms with Gasteiger partial charge in [0, 0.05) is 23.8 Å². The third-order valence-electron chi connectivity index (χ3n) is 7.66. The number of carbonyl (C=O) groups excluding carboxylic acids is 1. The molecule has 0 saturated carbocycles. The minimum Gasteiger partial charge on any atom is -0.502 e. The maximum atomic E-state index is 13.1. The van der Waals surface area contributed by atoms with Crippen LogP contribution < -0.4 is 14.9 Å². The number of phenolic OH excluding ortho intramolecular Hbond substituents is 1. The van der Waals surface area contributed by atoms with E-state index in [0.717, 1.165) is 53.6 Å². The van der Waals surface area contributed by atoms with Gasteiger partial charge in [-0.15, -0.1) is 0 Å². The summed E-state index contributed by atoms with van der Waals surface area (Å²) >= 11 is 0. The molecule has 3 aromatic carbocycles. The summed E-state index contributed by atoms with van der Waals surface area (Å²) in [5.74, 6) is 1.65. The minimum absolute atomic E-state index is 0.0854. The van der Waals surface area contributed by atoms with Gasteiger partial charge in [-0.1, -0.05) is 18.2 Å². The lowest BCUT2D eigenvalue weighted by molar-refractivity contribution is -0.385. The SMILES string of the molecule is COc1ccc(Cc2nc3ccccc3n2CC(=O)NN=Cc2c(O)c([N+](=O)[O-])cc3oc4c(c23)CCCC4)cc1OC. The lowest BCUT2D eigenvalue weighted by Crippen LogP contribution is -2.24. The van der Waals surface area contributed by atoms with E-state index in [-0.39, 0.29) is 12.1 Å². The van der Waals surface area contributed by atoms with Gasteiger partial charge in [0.25, 0.3) is 5.91 Å². The molecule has 220 valence electrons. The molecule has 0 spiro atoms. The number of hydrazone groups is 1. The van der Waals surface area contributed by atoms with Crippen LogP contribution in [0.25, 0.3) is 22.0 Å². The van der Waals surface area contributed by atoms with Gasteiger partial charge in [0.1, 0.15) is 23.7 Å². The van der Waals surface area contributed by atoms with E-state index in [1.165, 1.54) is 12.3 Å². The number of aromatic nitrogens is 2. The number of aryl methyl sites for hydroxylation is 2. The van der Waals surface area contributed by atoms with Crippen LogP contribution >= 0.6 is 0 Å². The molecular weight excluding hydrogens is 554 g/mol. The Bertz CT molecular complexity index is 1910. The quantitative estimate of drug-likeness (QED) is 0.139. The van der Waals surface area contributed by atoms with E-state index < -0.39 is 22.3 Å². The van der Waals surface area contributed by atoms with Crippen molar-refractivity contribution in [1.29, 1.82) is 0 Å². The number of phenols is 1. The van der Waals surface area contributed by atoms with Crippen molar-refractivity contribution < 1.29 is 28.7 Å². The minimum atomic E-state index is -0.670. The number of nitro groups is 1. The zero-order valence-corrected chi connectivity index (χ0v) is 23.6. The number of nitrogens with one attached hydrogen (secondary N) is 1. The molecule has 12 nitrogen and oxygen atoms in total. The second kappa shape index (κ2) is 11.5. The standard InChI is InChI=1S/C31H29N5O7/c1-41-25-12-11-18(13-26(25)42-2)14-28-33-21-8-4-5-9-22(21)35(28)17-29(37)34-32-16-20-30-19-7-3-6-10-24(19)43-27(30)15-23(31(20)38)36(39)40/h4-5,8-9,11-13,15-16,38H,3,6-7,10,14,17H2,1-2H3,(H,34,37). The fourth-order valence-corrected chi connectivity index (χ4v) is 5.66. The third kappa shape index (κ3) is 5.23. The number of aromatic hydroxyl groups is 1. The maximum absolute atomic E-state index is 13.1. The number of para-hydroxylation sites is 2. The number of amides is 1. The van der Waals surface area contributed by atoms with E-state index in [9.17, 15) is 20.0 Å². The van der Waals surface area contributed by atoms with Crippen LogP contribution in [0.2, 0.25) is 0 Å².